The number of aliphatic hydroxyl groups is 1. The molecule has 0 aromatic heterocycles. The van der Waals surface area contributed by atoms with E-state index in [-0.39, 0.29) is 24.1 Å². The zero-order valence-corrected chi connectivity index (χ0v) is 9.47. The van der Waals surface area contributed by atoms with Crippen molar-refractivity contribution in [2.24, 2.45) is 5.92 Å². The van der Waals surface area contributed by atoms with Gasteiger partial charge in [-0.1, -0.05) is 13.8 Å². The minimum absolute atomic E-state index is 0.111. The highest BCUT2D eigenvalue weighted by Gasteiger charge is 2.11. The minimum Gasteiger partial charge on any atom is -0.508 e. The van der Waals surface area contributed by atoms with Gasteiger partial charge >= 0.3 is 0 Å². The van der Waals surface area contributed by atoms with Gasteiger partial charge < -0.3 is 15.5 Å². The second kappa shape index (κ2) is 5.51. The molecule has 0 saturated carbocycles. The van der Waals surface area contributed by atoms with E-state index in [4.69, 9.17) is 5.11 Å². The van der Waals surface area contributed by atoms with E-state index >= 15 is 0 Å². The van der Waals surface area contributed by atoms with Crippen LogP contribution in [-0.4, -0.2) is 28.8 Å². The summed E-state index contributed by atoms with van der Waals surface area (Å²) in [4.78, 5) is 11.6. The van der Waals surface area contributed by atoms with Crippen LogP contribution in [0.25, 0.3) is 0 Å². The first kappa shape index (κ1) is 12.5. The van der Waals surface area contributed by atoms with Crippen LogP contribution in [-0.2, 0) is 0 Å². The maximum Gasteiger partial charge on any atom is 0.251 e. The Balaban J connectivity index is 2.50. The summed E-state index contributed by atoms with van der Waals surface area (Å²) in [5.41, 5.74) is 0.466. The summed E-state index contributed by atoms with van der Waals surface area (Å²) in [7, 11) is 0. The Bertz CT molecular complexity index is 346. The van der Waals surface area contributed by atoms with E-state index in [1.165, 1.54) is 24.3 Å². The summed E-state index contributed by atoms with van der Waals surface area (Å²) in [6, 6.07) is 5.97. The molecule has 0 fully saturated rings. The lowest BCUT2D eigenvalue weighted by molar-refractivity contribution is 0.0871. The summed E-state index contributed by atoms with van der Waals surface area (Å²) in [6.07, 6.45) is -0.541. The van der Waals surface area contributed by atoms with Crippen LogP contribution in [0, 0.1) is 5.92 Å². The van der Waals surface area contributed by atoms with Gasteiger partial charge in [0, 0.05) is 12.1 Å². The first-order valence-corrected chi connectivity index (χ1v) is 5.26. The summed E-state index contributed by atoms with van der Waals surface area (Å²) in [6.45, 7) is 4.01. The van der Waals surface area contributed by atoms with Crippen molar-refractivity contribution in [2.75, 3.05) is 6.54 Å². The van der Waals surface area contributed by atoms with Gasteiger partial charge in [-0.3, -0.25) is 4.79 Å². The molecular formula is C12H17NO3. The van der Waals surface area contributed by atoms with E-state index in [2.05, 4.69) is 5.32 Å². The SMILES string of the molecule is CC(C)C(O)CNC(=O)c1ccc(O)cc1. The quantitative estimate of drug-likeness (QED) is 0.717. The maximum atomic E-state index is 11.6. The zero-order chi connectivity index (χ0) is 12.1. The van der Waals surface area contributed by atoms with Gasteiger partial charge in [-0.25, -0.2) is 0 Å². The number of rotatable bonds is 4. The van der Waals surface area contributed by atoms with Crippen LogP contribution in [0.5, 0.6) is 5.75 Å². The number of aliphatic hydroxyl groups excluding tert-OH is 1. The van der Waals surface area contributed by atoms with Crippen LogP contribution in [0.3, 0.4) is 0 Å². The summed E-state index contributed by atoms with van der Waals surface area (Å²) >= 11 is 0. The third-order valence-electron chi connectivity index (χ3n) is 2.37. The molecule has 0 heterocycles. The Morgan fingerprint density at radius 2 is 1.88 bits per heavy atom. The maximum absolute atomic E-state index is 11.6. The summed E-state index contributed by atoms with van der Waals surface area (Å²) in [5.74, 6) is -0.0152. The molecular weight excluding hydrogens is 206 g/mol. The first-order valence-electron chi connectivity index (χ1n) is 5.26. The highest BCUT2D eigenvalue weighted by atomic mass is 16.3. The van der Waals surface area contributed by atoms with Gasteiger partial charge in [-0.2, -0.15) is 0 Å². The molecule has 1 atom stereocenters. The fraction of sp³-hybridized carbons (Fsp3) is 0.417. The Kier molecular flexibility index (Phi) is 4.31. The van der Waals surface area contributed by atoms with Gasteiger partial charge in [0.1, 0.15) is 5.75 Å². The normalized spacial score (nSPS) is 12.5. The Hall–Kier alpha value is -1.55. The predicted octanol–water partition coefficient (Wildman–Crippen LogP) is 1.14. The van der Waals surface area contributed by atoms with E-state index in [1.54, 1.807) is 0 Å². The van der Waals surface area contributed by atoms with E-state index in [1.807, 2.05) is 13.8 Å². The molecule has 1 rings (SSSR count). The third-order valence-corrected chi connectivity index (χ3v) is 2.37. The molecule has 0 saturated heterocycles. The fourth-order valence-electron chi connectivity index (χ4n) is 1.15. The van der Waals surface area contributed by atoms with Gasteiger partial charge in [0.15, 0.2) is 0 Å². The monoisotopic (exact) mass is 223 g/mol. The number of phenols is 1. The van der Waals surface area contributed by atoms with Crippen molar-refractivity contribution in [3.63, 3.8) is 0 Å². The van der Waals surface area contributed by atoms with Gasteiger partial charge in [0.05, 0.1) is 6.10 Å². The molecule has 1 aromatic carbocycles. The third kappa shape index (κ3) is 3.55. The van der Waals surface area contributed by atoms with E-state index in [0.29, 0.717) is 5.56 Å². The minimum atomic E-state index is -0.541. The lowest BCUT2D eigenvalue weighted by atomic mass is 10.1. The second-order valence-corrected chi connectivity index (χ2v) is 4.07. The van der Waals surface area contributed by atoms with Crippen LogP contribution in [0.1, 0.15) is 24.2 Å². The van der Waals surface area contributed by atoms with E-state index < -0.39 is 6.10 Å². The number of benzene rings is 1. The van der Waals surface area contributed by atoms with Crippen LogP contribution < -0.4 is 5.32 Å². The van der Waals surface area contributed by atoms with E-state index in [9.17, 15) is 9.90 Å². The number of nitrogens with one attached hydrogen (secondary N) is 1. The Labute approximate surface area is 94.9 Å². The number of aromatic hydroxyl groups is 1. The Morgan fingerprint density at radius 1 is 1.31 bits per heavy atom. The predicted molar refractivity (Wildman–Crippen MR) is 61.3 cm³/mol. The average Bonchev–Trinajstić information content (AvgIpc) is 2.26. The van der Waals surface area contributed by atoms with Crippen LogP contribution in [0.2, 0.25) is 0 Å². The molecule has 4 nitrogen and oxygen atoms in total. The molecule has 16 heavy (non-hydrogen) atoms. The van der Waals surface area contributed by atoms with Gasteiger partial charge in [0.2, 0.25) is 0 Å². The largest absolute Gasteiger partial charge is 0.508 e. The highest BCUT2D eigenvalue weighted by molar-refractivity contribution is 5.94. The number of carbonyl (C=O) groups excluding carboxylic acids is 1. The zero-order valence-electron chi connectivity index (χ0n) is 9.47. The second-order valence-electron chi connectivity index (χ2n) is 4.07. The number of hydrogen-bond donors (Lipinski definition) is 3. The van der Waals surface area contributed by atoms with Crippen LogP contribution in [0.4, 0.5) is 0 Å². The van der Waals surface area contributed by atoms with Crippen LogP contribution >= 0.6 is 0 Å². The standard InChI is InChI=1S/C12H17NO3/c1-8(2)11(15)7-13-12(16)9-3-5-10(14)6-4-9/h3-6,8,11,14-15H,7H2,1-2H3,(H,13,16). The average molecular weight is 223 g/mol. The van der Waals surface area contributed by atoms with Crippen molar-refractivity contribution in [1.82, 2.24) is 5.32 Å². The summed E-state index contributed by atoms with van der Waals surface area (Å²) in [5, 5.41) is 21.2. The Morgan fingerprint density at radius 3 is 2.38 bits per heavy atom. The van der Waals surface area contributed by atoms with Gasteiger partial charge in [0.25, 0.3) is 5.91 Å². The molecule has 0 bridgehead atoms. The molecule has 0 aliphatic rings. The van der Waals surface area contributed by atoms with Crippen molar-refractivity contribution >= 4 is 5.91 Å². The van der Waals surface area contributed by atoms with Crippen molar-refractivity contribution in [3.8, 4) is 5.75 Å². The van der Waals surface area contributed by atoms with Crippen LogP contribution in [0.15, 0.2) is 24.3 Å². The molecule has 0 radical (unpaired) electrons. The number of carbonyl (C=O) groups is 1. The molecule has 3 N–H and O–H groups in total. The molecule has 0 aliphatic carbocycles. The molecule has 1 amide bonds. The topological polar surface area (TPSA) is 69.6 Å². The molecule has 1 aromatic rings. The van der Waals surface area contributed by atoms with Crippen molar-refractivity contribution < 1.29 is 15.0 Å². The number of amides is 1. The molecule has 0 spiro atoms. The number of hydrogen-bond acceptors (Lipinski definition) is 3. The fourth-order valence-corrected chi connectivity index (χ4v) is 1.15. The lowest BCUT2D eigenvalue weighted by Crippen LogP contribution is -2.34. The molecule has 88 valence electrons. The lowest BCUT2D eigenvalue weighted by Gasteiger charge is -2.14. The van der Waals surface area contributed by atoms with Gasteiger partial charge in [-0.05, 0) is 30.2 Å². The molecule has 1 unspecified atom stereocenters. The summed E-state index contributed by atoms with van der Waals surface area (Å²) < 4.78 is 0. The first-order chi connectivity index (χ1) is 7.50. The van der Waals surface area contributed by atoms with Crippen molar-refractivity contribution in [3.05, 3.63) is 29.8 Å². The molecule has 4 heteroatoms. The van der Waals surface area contributed by atoms with Crippen molar-refractivity contribution in [2.45, 2.75) is 20.0 Å². The van der Waals surface area contributed by atoms with Crippen molar-refractivity contribution in [1.29, 1.82) is 0 Å². The van der Waals surface area contributed by atoms with Gasteiger partial charge in [-0.15, -0.1) is 0 Å². The van der Waals surface area contributed by atoms with E-state index in [0.717, 1.165) is 0 Å². The molecule has 0 aliphatic heterocycles. The smallest absolute Gasteiger partial charge is 0.251 e. The highest BCUT2D eigenvalue weighted by Crippen LogP contribution is 2.09. The number of phenolic OH excluding ortho intramolecular Hbond substituents is 1.